The summed E-state index contributed by atoms with van der Waals surface area (Å²) in [5, 5.41) is 9.00. The number of hydrogen-bond donors (Lipinski definition) is 1. The third-order valence-electron chi connectivity index (χ3n) is 4.80. The average molecular weight is 260 g/mol. The second-order valence-corrected chi connectivity index (χ2v) is 5.90. The molecule has 2 aliphatic rings. The van der Waals surface area contributed by atoms with E-state index in [9.17, 15) is 4.79 Å². The van der Waals surface area contributed by atoms with Crippen molar-refractivity contribution in [1.29, 1.82) is 0 Å². The van der Waals surface area contributed by atoms with Crippen LogP contribution in [0.15, 0.2) is 24.3 Å². The summed E-state index contributed by atoms with van der Waals surface area (Å²) in [4.78, 5) is 11.0. The van der Waals surface area contributed by atoms with Gasteiger partial charge in [-0.05, 0) is 43.9 Å². The number of carbonyl (C=O) groups is 1. The molecule has 3 rings (SSSR count). The Morgan fingerprint density at radius 3 is 2.63 bits per heavy atom. The lowest BCUT2D eigenvalue weighted by Crippen LogP contribution is -2.49. The van der Waals surface area contributed by atoms with Crippen LogP contribution in [0.5, 0.6) is 5.75 Å². The van der Waals surface area contributed by atoms with Gasteiger partial charge in [-0.2, -0.15) is 0 Å². The summed E-state index contributed by atoms with van der Waals surface area (Å²) in [6.07, 6.45) is 9.20. The van der Waals surface area contributed by atoms with Crippen LogP contribution in [0.2, 0.25) is 0 Å². The molecule has 0 aromatic heterocycles. The second kappa shape index (κ2) is 4.87. The maximum Gasteiger partial charge on any atom is 0.335 e. The maximum absolute atomic E-state index is 11.0. The van der Waals surface area contributed by atoms with Gasteiger partial charge in [-0.3, -0.25) is 0 Å². The van der Waals surface area contributed by atoms with E-state index in [-0.39, 0.29) is 6.10 Å². The minimum Gasteiger partial charge on any atom is -0.490 e. The zero-order valence-corrected chi connectivity index (χ0v) is 11.1. The van der Waals surface area contributed by atoms with Gasteiger partial charge in [-0.15, -0.1) is 0 Å². The van der Waals surface area contributed by atoms with Crippen LogP contribution in [-0.4, -0.2) is 17.2 Å². The Balaban J connectivity index is 1.71. The van der Waals surface area contributed by atoms with Crippen molar-refractivity contribution < 1.29 is 14.6 Å². The fourth-order valence-electron chi connectivity index (χ4n) is 3.55. The van der Waals surface area contributed by atoms with Gasteiger partial charge in [0.05, 0.1) is 5.56 Å². The summed E-state index contributed by atoms with van der Waals surface area (Å²) in [5.41, 5.74) is 0.687. The highest BCUT2D eigenvalue weighted by atomic mass is 16.5. The van der Waals surface area contributed by atoms with Crippen molar-refractivity contribution in [3.63, 3.8) is 0 Å². The van der Waals surface area contributed by atoms with E-state index in [1.54, 1.807) is 18.2 Å². The Morgan fingerprint density at radius 2 is 2.00 bits per heavy atom. The van der Waals surface area contributed by atoms with E-state index < -0.39 is 5.97 Å². The lowest BCUT2D eigenvalue weighted by atomic mass is 9.58. The van der Waals surface area contributed by atoms with Crippen LogP contribution in [-0.2, 0) is 0 Å². The van der Waals surface area contributed by atoms with E-state index in [1.807, 2.05) is 6.07 Å². The predicted molar refractivity (Wildman–Crippen MR) is 72.6 cm³/mol. The molecule has 0 aliphatic heterocycles. The Hall–Kier alpha value is -1.51. The molecule has 2 aliphatic carbocycles. The first-order chi connectivity index (χ1) is 9.20. The molecule has 1 spiro atoms. The zero-order chi connectivity index (χ0) is 13.3. The summed E-state index contributed by atoms with van der Waals surface area (Å²) in [6, 6.07) is 6.86. The highest BCUT2D eigenvalue weighted by Crippen LogP contribution is 2.53. The molecule has 2 saturated carbocycles. The summed E-state index contributed by atoms with van der Waals surface area (Å²) < 4.78 is 6.07. The molecule has 2 fully saturated rings. The molecule has 1 unspecified atom stereocenters. The fraction of sp³-hybridized carbons (Fsp3) is 0.562. The molecular formula is C16H20O3. The van der Waals surface area contributed by atoms with Crippen LogP contribution >= 0.6 is 0 Å². The topological polar surface area (TPSA) is 46.5 Å². The lowest BCUT2D eigenvalue weighted by molar-refractivity contribution is -0.0703. The molecule has 0 bridgehead atoms. The normalized spacial score (nSPS) is 24.7. The molecule has 19 heavy (non-hydrogen) atoms. The monoisotopic (exact) mass is 260 g/mol. The van der Waals surface area contributed by atoms with Gasteiger partial charge in [0.15, 0.2) is 0 Å². The van der Waals surface area contributed by atoms with Crippen LogP contribution in [0.4, 0.5) is 0 Å². The van der Waals surface area contributed by atoms with Crippen molar-refractivity contribution in [3.8, 4) is 5.75 Å². The highest BCUT2D eigenvalue weighted by Gasteiger charge is 2.48. The molecule has 1 atom stereocenters. The van der Waals surface area contributed by atoms with Gasteiger partial charge in [0.1, 0.15) is 11.9 Å². The Labute approximate surface area is 113 Å². The Kier molecular flexibility index (Phi) is 3.21. The standard InChI is InChI=1S/C16H20O3/c17-15(18)12-5-4-6-13(11-12)19-14-7-10-16(14)8-2-1-3-9-16/h4-6,11,14H,1-3,7-10H2,(H,17,18). The van der Waals surface area contributed by atoms with Crippen molar-refractivity contribution in [1.82, 2.24) is 0 Å². The molecule has 1 N–H and O–H groups in total. The van der Waals surface area contributed by atoms with E-state index in [0.29, 0.717) is 16.7 Å². The molecular weight excluding hydrogens is 240 g/mol. The molecule has 0 saturated heterocycles. The van der Waals surface area contributed by atoms with Crippen molar-refractivity contribution in [2.75, 3.05) is 0 Å². The van der Waals surface area contributed by atoms with E-state index in [0.717, 1.165) is 6.42 Å². The summed E-state index contributed by atoms with van der Waals surface area (Å²) in [5.74, 6) is -0.194. The smallest absolute Gasteiger partial charge is 0.335 e. The van der Waals surface area contributed by atoms with Crippen molar-refractivity contribution >= 4 is 5.97 Å². The van der Waals surface area contributed by atoms with Gasteiger partial charge in [0.25, 0.3) is 0 Å². The summed E-state index contributed by atoms with van der Waals surface area (Å²) in [6.45, 7) is 0. The van der Waals surface area contributed by atoms with Gasteiger partial charge in [-0.1, -0.05) is 25.3 Å². The lowest BCUT2D eigenvalue weighted by Gasteiger charge is -2.51. The molecule has 0 radical (unpaired) electrons. The Bertz CT molecular complexity index is 475. The number of ether oxygens (including phenoxy) is 1. The van der Waals surface area contributed by atoms with Crippen molar-refractivity contribution in [2.24, 2.45) is 5.41 Å². The second-order valence-electron chi connectivity index (χ2n) is 5.90. The minimum absolute atomic E-state index is 0.289. The van der Waals surface area contributed by atoms with Gasteiger partial charge < -0.3 is 9.84 Å². The van der Waals surface area contributed by atoms with Crippen LogP contribution < -0.4 is 4.74 Å². The van der Waals surface area contributed by atoms with Crippen molar-refractivity contribution in [3.05, 3.63) is 29.8 Å². The SMILES string of the molecule is O=C(O)c1cccc(OC2CCC23CCCCC3)c1. The average Bonchev–Trinajstić information content (AvgIpc) is 2.45. The first-order valence-corrected chi connectivity index (χ1v) is 7.20. The number of carboxylic acid groups (broad SMARTS) is 1. The van der Waals surface area contributed by atoms with Gasteiger partial charge >= 0.3 is 5.97 Å². The molecule has 0 heterocycles. The first-order valence-electron chi connectivity index (χ1n) is 7.20. The van der Waals surface area contributed by atoms with Crippen LogP contribution in [0.25, 0.3) is 0 Å². The van der Waals surface area contributed by atoms with E-state index in [1.165, 1.54) is 38.5 Å². The van der Waals surface area contributed by atoms with Crippen molar-refractivity contribution in [2.45, 2.75) is 51.0 Å². The quantitative estimate of drug-likeness (QED) is 0.897. The molecule has 1 aromatic rings. The van der Waals surface area contributed by atoms with E-state index in [4.69, 9.17) is 9.84 Å². The molecule has 102 valence electrons. The Morgan fingerprint density at radius 1 is 1.21 bits per heavy atom. The number of benzene rings is 1. The summed E-state index contributed by atoms with van der Waals surface area (Å²) >= 11 is 0. The third kappa shape index (κ3) is 2.34. The number of hydrogen-bond acceptors (Lipinski definition) is 2. The number of rotatable bonds is 3. The largest absolute Gasteiger partial charge is 0.490 e. The maximum atomic E-state index is 11.0. The van der Waals surface area contributed by atoms with E-state index >= 15 is 0 Å². The van der Waals surface area contributed by atoms with Crippen LogP contribution in [0.1, 0.15) is 55.3 Å². The highest BCUT2D eigenvalue weighted by molar-refractivity contribution is 5.88. The molecule has 3 heteroatoms. The molecule has 0 amide bonds. The minimum atomic E-state index is -0.897. The number of aromatic carboxylic acids is 1. The van der Waals surface area contributed by atoms with E-state index in [2.05, 4.69) is 0 Å². The third-order valence-corrected chi connectivity index (χ3v) is 4.80. The van der Waals surface area contributed by atoms with Crippen LogP contribution in [0, 0.1) is 5.41 Å². The predicted octanol–water partition coefficient (Wildman–Crippen LogP) is 3.88. The number of carboxylic acids is 1. The van der Waals surface area contributed by atoms with Gasteiger partial charge in [0.2, 0.25) is 0 Å². The first kappa shape index (κ1) is 12.5. The zero-order valence-electron chi connectivity index (χ0n) is 11.1. The van der Waals surface area contributed by atoms with Crippen LogP contribution in [0.3, 0.4) is 0 Å². The van der Waals surface area contributed by atoms with Gasteiger partial charge in [0, 0.05) is 5.41 Å². The molecule has 3 nitrogen and oxygen atoms in total. The fourth-order valence-corrected chi connectivity index (χ4v) is 3.55. The van der Waals surface area contributed by atoms with Gasteiger partial charge in [-0.25, -0.2) is 4.79 Å². The summed E-state index contributed by atoms with van der Waals surface area (Å²) in [7, 11) is 0. The molecule has 1 aromatic carbocycles.